The average molecular weight is 257 g/mol. The van der Waals surface area contributed by atoms with Crippen LogP contribution in [0.2, 0.25) is 0 Å². The zero-order valence-corrected chi connectivity index (χ0v) is 10.8. The third-order valence-corrected chi connectivity index (χ3v) is 2.65. The van der Waals surface area contributed by atoms with Gasteiger partial charge in [-0.2, -0.15) is 5.10 Å². The summed E-state index contributed by atoms with van der Waals surface area (Å²) in [6.07, 6.45) is 1.75. The van der Waals surface area contributed by atoms with Crippen molar-refractivity contribution >= 4 is 12.2 Å². The molecule has 0 aliphatic rings. The van der Waals surface area contributed by atoms with E-state index in [-0.39, 0.29) is 17.4 Å². The highest BCUT2D eigenvalue weighted by molar-refractivity contribution is 5.67. The fourth-order valence-corrected chi connectivity index (χ4v) is 1.50. The molecule has 1 aromatic heterocycles. The Morgan fingerprint density at radius 2 is 2.05 bits per heavy atom. The Labute approximate surface area is 110 Å². The summed E-state index contributed by atoms with van der Waals surface area (Å²) in [6.45, 7) is 3.63. The lowest BCUT2D eigenvalue weighted by molar-refractivity contribution is 0.896. The van der Waals surface area contributed by atoms with Crippen molar-refractivity contribution in [3.05, 3.63) is 51.9 Å². The Hall–Kier alpha value is -2.50. The predicted octanol–water partition coefficient (Wildman–Crippen LogP) is 1.67. The lowest BCUT2D eigenvalue weighted by Gasteiger charge is -2.05. The number of H-pyrrole nitrogens is 1. The quantitative estimate of drug-likeness (QED) is 0.644. The van der Waals surface area contributed by atoms with Gasteiger partial charge in [-0.3, -0.25) is 9.78 Å². The van der Waals surface area contributed by atoms with Crippen LogP contribution in [0.1, 0.15) is 24.1 Å². The Balaban J connectivity index is 2.00. The molecule has 0 aliphatic carbocycles. The number of hydrogen-bond acceptors (Lipinski definition) is 5. The van der Waals surface area contributed by atoms with E-state index in [1.165, 1.54) is 0 Å². The first-order valence-corrected chi connectivity index (χ1v) is 5.94. The first-order chi connectivity index (χ1) is 9.16. The predicted molar refractivity (Wildman–Crippen MR) is 74.4 cm³/mol. The van der Waals surface area contributed by atoms with Crippen molar-refractivity contribution in [3.63, 3.8) is 0 Å². The molecule has 2 aromatic rings. The smallest absolute Gasteiger partial charge is 0.274 e. The van der Waals surface area contributed by atoms with Crippen LogP contribution in [0.3, 0.4) is 0 Å². The lowest BCUT2D eigenvalue weighted by atomic mass is 10.0. The van der Waals surface area contributed by atoms with E-state index in [4.69, 9.17) is 0 Å². The average Bonchev–Trinajstić information content (AvgIpc) is 2.43. The van der Waals surface area contributed by atoms with Gasteiger partial charge in [-0.05, 0) is 12.5 Å². The van der Waals surface area contributed by atoms with Crippen LogP contribution in [0, 0.1) is 6.92 Å². The van der Waals surface area contributed by atoms with Crippen molar-refractivity contribution in [1.82, 2.24) is 15.2 Å². The minimum atomic E-state index is -0.274. The van der Waals surface area contributed by atoms with Crippen LogP contribution < -0.4 is 11.0 Å². The zero-order chi connectivity index (χ0) is 13.7. The van der Waals surface area contributed by atoms with Crippen LogP contribution in [-0.4, -0.2) is 21.4 Å². The molecule has 0 saturated heterocycles. The Morgan fingerprint density at radius 1 is 1.32 bits per heavy atom. The third kappa shape index (κ3) is 3.48. The maximum absolute atomic E-state index is 11.3. The van der Waals surface area contributed by atoms with Gasteiger partial charge in [-0.15, -0.1) is 10.2 Å². The van der Waals surface area contributed by atoms with Crippen molar-refractivity contribution in [1.29, 1.82) is 0 Å². The van der Waals surface area contributed by atoms with Gasteiger partial charge in [0.05, 0.1) is 0 Å². The second-order valence-electron chi connectivity index (χ2n) is 4.18. The van der Waals surface area contributed by atoms with E-state index in [2.05, 4.69) is 25.7 Å². The van der Waals surface area contributed by atoms with Crippen LogP contribution in [0.25, 0.3) is 0 Å². The fraction of sp³-hybridized carbons (Fsp3) is 0.231. The fourth-order valence-electron chi connectivity index (χ4n) is 1.50. The summed E-state index contributed by atoms with van der Waals surface area (Å²) in [4.78, 5) is 13.8. The molecule has 0 spiro atoms. The number of nitrogens with zero attached hydrogens (tertiary/aromatic N) is 3. The van der Waals surface area contributed by atoms with Crippen LogP contribution in [0.15, 0.2) is 40.2 Å². The van der Waals surface area contributed by atoms with Gasteiger partial charge in [0.15, 0.2) is 0 Å². The van der Waals surface area contributed by atoms with Crippen molar-refractivity contribution in [2.75, 3.05) is 5.43 Å². The second-order valence-corrected chi connectivity index (χ2v) is 4.18. The lowest BCUT2D eigenvalue weighted by Crippen LogP contribution is -2.15. The summed E-state index contributed by atoms with van der Waals surface area (Å²) in [5.41, 5.74) is 3.87. The number of aryl methyl sites for hydroxylation is 1. The Kier molecular flexibility index (Phi) is 4.02. The van der Waals surface area contributed by atoms with Gasteiger partial charge in [0.2, 0.25) is 5.95 Å². The van der Waals surface area contributed by atoms with E-state index in [1.807, 2.05) is 37.3 Å². The molecule has 2 N–H and O–H groups in total. The zero-order valence-electron chi connectivity index (χ0n) is 10.8. The number of benzene rings is 1. The molecular weight excluding hydrogens is 242 g/mol. The molecule has 1 aromatic carbocycles. The monoisotopic (exact) mass is 257 g/mol. The normalized spacial score (nSPS) is 12.5. The molecule has 0 saturated carbocycles. The van der Waals surface area contributed by atoms with Gasteiger partial charge >= 0.3 is 0 Å². The summed E-state index contributed by atoms with van der Waals surface area (Å²) >= 11 is 0. The summed E-state index contributed by atoms with van der Waals surface area (Å²) in [6, 6.07) is 10.00. The molecule has 1 heterocycles. The summed E-state index contributed by atoms with van der Waals surface area (Å²) in [5, 5.41) is 11.5. The van der Waals surface area contributed by atoms with Gasteiger partial charge in [0, 0.05) is 12.1 Å². The van der Waals surface area contributed by atoms with E-state index >= 15 is 0 Å². The number of anilines is 1. The van der Waals surface area contributed by atoms with Gasteiger partial charge in [-0.25, -0.2) is 5.43 Å². The van der Waals surface area contributed by atoms with Crippen molar-refractivity contribution in [2.24, 2.45) is 5.10 Å². The summed E-state index contributed by atoms with van der Waals surface area (Å²) in [5.74, 6) is 0.394. The van der Waals surface area contributed by atoms with E-state index in [0.29, 0.717) is 5.69 Å². The third-order valence-electron chi connectivity index (χ3n) is 2.65. The van der Waals surface area contributed by atoms with E-state index in [1.54, 1.807) is 13.1 Å². The number of nitrogens with one attached hydrogen (secondary N) is 2. The first-order valence-electron chi connectivity index (χ1n) is 5.94. The highest BCUT2D eigenvalue weighted by atomic mass is 16.1. The minimum absolute atomic E-state index is 0.166. The van der Waals surface area contributed by atoms with Crippen molar-refractivity contribution in [3.8, 4) is 0 Å². The maximum Gasteiger partial charge on any atom is 0.274 e. The minimum Gasteiger partial charge on any atom is -0.288 e. The summed E-state index contributed by atoms with van der Waals surface area (Å²) < 4.78 is 0. The number of rotatable bonds is 4. The Bertz CT molecular complexity index is 620. The maximum atomic E-state index is 11.3. The topological polar surface area (TPSA) is 83.0 Å². The van der Waals surface area contributed by atoms with Gasteiger partial charge in [-0.1, -0.05) is 37.3 Å². The highest BCUT2D eigenvalue weighted by Gasteiger charge is 2.01. The molecule has 6 heteroatoms. The molecule has 0 radical (unpaired) electrons. The largest absolute Gasteiger partial charge is 0.288 e. The molecule has 98 valence electrons. The molecule has 0 aliphatic heterocycles. The number of hydrogen-bond donors (Lipinski definition) is 2. The molecule has 0 unspecified atom stereocenters. The van der Waals surface area contributed by atoms with Crippen LogP contribution >= 0.6 is 0 Å². The first kappa shape index (κ1) is 12.9. The van der Waals surface area contributed by atoms with Crippen molar-refractivity contribution in [2.45, 2.75) is 19.8 Å². The summed E-state index contributed by atoms with van der Waals surface area (Å²) in [7, 11) is 0. The molecule has 1 atom stereocenters. The molecule has 19 heavy (non-hydrogen) atoms. The number of aromatic amines is 1. The standard InChI is InChI=1S/C13H15N5O/c1-9(11-6-4-3-5-7-11)8-14-17-13-15-12(19)10(2)16-18-13/h3-9H,1-2H3,(H2,15,17,18,19)/b14-8-/t9-/m0/s1. The van der Waals surface area contributed by atoms with Gasteiger partial charge < -0.3 is 0 Å². The van der Waals surface area contributed by atoms with Crippen LogP contribution in [0.5, 0.6) is 0 Å². The molecule has 2 rings (SSSR count). The van der Waals surface area contributed by atoms with Gasteiger partial charge in [0.1, 0.15) is 5.69 Å². The molecule has 0 bridgehead atoms. The van der Waals surface area contributed by atoms with E-state index in [0.717, 1.165) is 5.56 Å². The second kappa shape index (κ2) is 5.90. The number of aromatic nitrogens is 3. The Morgan fingerprint density at radius 3 is 2.74 bits per heavy atom. The highest BCUT2D eigenvalue weighted by Crippen LogP contribution is 2.11. The van der Waals surface area contributed by atoms with Crippen LogP contribution in [0.4, 0.5) is 5.95 Å². The molecule has 0 amide bonds. The van der Waals surface area contributed by atoms with E-state index in [9.17, 15) is 4.79 Å². The molecule has 0 fully saturated rings. The SMILES string of the molecule is Cc1nnc(N/N=C\[C@H](C)c2ccccc2)[nH]c1=O. The van der Waals surface area contributed by atoms with Crippen molar-refractivity contribution < 1.29 is 0 Å². The van der Waals surface area contributed by atoms with E-state index < -0.39 is 0 Å². The number of hydrazone groups is 1. The van der Waals surface area contributed by atoms with Crippen LogP contribution in [-0.2, 0) is 0 Å². The van der Waals surface area contributed by atoms with Gasteiger partial charge in [0.25, 0.3) is 5.56 Å². The molecule has 6 nitrogen and oxygen atoms in total. The molecular formula is C13H15N5O.